The predicted molar refractivity (Wildman–Crippen MR) is 85.2 cm³/mol. The fourth-order valence-corrected chi connectivity index (χ4v) is 3.03. The third kappa shape index (κ3) is 3.84. The van der Waals surface area contributed by atoms with Gasteiger partial charge in [-0.3, -0.25) is 0 Å². The second kappa shape index (κ2) is 7.07. The molecule has 1 N–H and O–H groups in total. The zero-order valence-electron chi connectivity index (χ0n) is 11.5. The molecule has 0 aliphatic heterocycles. The number of hydrogen-bond acceptors (Lipinski definition) is 3. The number of benzene rings is 2. The Kier molecular flexibility index (Phi) is 5.39. The van der Waals surface area contributed by atoms with Crippen molar-refractivity contribution < 1.29 is 13.5 Å². The van der Waals surface area contributed by atoms with Gasteiger partial charge in [0.1, 0.15) is 10.7 Å². The molecular weight excluding hydrogens is 308 g/mol. The average Bonchev–Trinajstić information content (AvgIpc) is 2.46. The van der Waals surface area contributed by atoms with Crippen LogP contribution in [0.1, 0.15) is 24.0 Å². The van der Waals surface area contributed by atoms with E-state index in [4.69, 9.17) is 11.6 Å². The molecule has 1 atom stereocenters. The summed E-state index contributed by atoms with van der Waals surface area (Å²) in [5.41, 5.74) is 3.17. The van der Waals surface area contributed by atoms with Gasteiger partial charge in [-0.05, 0) is 34.9 Å². The lowest BCUT2D eigenvalue weighted by molar-refractivity contribution is 0.273. The van der Waals surface area contributed by atoms with Crippen molar-refractivity contribution in [2.24, 2.45) is 0 Å². The zero-order valence-corrected chi connectivity index (χ0v) is 13.2. The van der Waals surface area contributed by atoms with Gasteiger partial charge in [-0.2, -0.15) is 0 Å². The first-order chi connectivity index (χ1) is 10.0. The minimum absolute atomic E-state index is 0.0126. The van der Waals surface area contributed by atoms with Crippen molar-refractivity contribution in [2.75, 3.05) is 6.61 Å². The molecule has 2 rings (SSSR count). The maximum Gasteiger partial charge on any atom is 0.144 e. The van der Waals surface area contributed by atoms with Gasteiger partial charge in [0.05, 0.1) is 5.75 Å². The molecule has 0 saturated heterocycles. The Labute approximate surface area is 131 Å². The fraction of sp³-hybridized carbons (Fsp3) is 0.250. The quantitative estimate of drug-likeness (QED) is 0.832. The van der Waals surface area contributed by atoms with Crippen molar-refractivity contribution in [3.63, 3.8) is 0 Å². The van der Waals surface area contributed by atoms with Crippen LogP contribution in [-0.4, -0.2) is 20.1 Å². The van der Waals surface area contributed by atoms with Crippen LogP contribution in [0.3, 0.4) is 0 Å². The number of halogens is 1. The van der Waals surface area contributed by atoms with Gasteiger partial charge < -0.3 is 5.11 Å². The molecule has 0 saturated carbocycles. The summed E-state index contributed by atoms with van der Waals surface area (Å²) in [5, 5.41) is 9.74. The fourth-order valence-electron chi connectivity index (χ4n) is 2.21. The number of aliphatic hydroxyl groups is 1. The molecule has 2 aromatic rings. The predicted octanol–water partition coefficient (Wildman–Crippen LogP) is 3.01. The minimum atomic E-state index is -2.54. The molecule has 2 aromatic carbocycles. The maximum absolute atomic E-state index is 11.0. The van der Waals surface area contributed by atoms with Gasteiger partial charge in [-0.25, -0.2) is 8.42 Å². The number of rotatable bonds is 5. The van der Waals surface area contributed by atoms with Gasteiger partial charge in [-0.15, -0.1) is 0 Å². The maximum atomic E-state index is 11.0. The van der Waals surface area contributed by atoms with Crippen molar-refractivity contribution in [3.8, 4) is 11.1 Å². The van der Waals surface area contributed by atoms with E-state index in [0.29, 0.717) is 16.1 Å². The Bertz CT molecular complexity index is 702. The first kappa shape index (κ1) is 16.0. The summed E-state index contributed by atoms with van der Waals surface area (Å²) in [7, 11) is -2.54. The summed E-state index contributed by atoms with van der Waals surface area (Å²) in [4.78, 5) is 0. The number of aliphatic hydroxyl groups excluding tert-OH is 1. The second-order valence-corrected chi connectivity index (χ2v) is 6.29. The SMILES string of the molecule is CC(CO)c1cccc(-c2c(Cl)c[c]cc2C[SH](=O)=O)c1. The number of thiol groups is 1. The molecule has 0 spiro atoms. The Morgan fingerprint density at radius 2 is 2.10 bits per heavy atom. The normalized spacial score (nSPS) is 12.6. The Balaban J connectivity index is 2.55. The van der Waals surface area contributed by atoms with Crippen molar-refractivity contribution in [2.45, 2.75) is 18.6 Å². The van der Waals surface area contributed by atoms with Crippen LogP contribution in [0, 0.1) is 6.07 Å². The number of hydrogen-bond donors (Lipinski definition) is 2. The van der Waals surface area contributed by atoms with Crippen molar-refractivity contribution in [1.82, 2.24) is 0 Å². The van der Waals surface area contributed by atoms with Crippen LogP contribution in [0.4, 0.5) is 0 Å². The highest BCUT2D eigenvalue weighted by Crippen LogP contribution is 2.33. The second-order valence-electron chi connectivity index (χ2n) is 4.90. The van der Waals surface area contributed by atoms with E-state index < -0.39 is 10.7 Å². The largest absolute Gasteiger partial charge is 0.396 e. The van der Waals surface area contributed by atoms with Crippen LogP contribution in [0.25, 0.3) is 11.1 Å². The summed E-state index contributed by atoms with van der Waals surface area (Å²) < 4.78 is 22.1. The van der Waals surface area contributed by atoms with Crippen LogP contribution >= 0.6 is 11.6 Å². The lowest BCUT2D eigenvalue weighted by Gasteiger charge is -2.13. The molecule has 0 bridgehead atoms. The average molecular weight is 324 g/mol. The lowest BCUT2D eigenvalue weighted by Crippen LogP contribution is -1.99. The van der Waals surface area contributed by atoms with Crippen molar-refractivity contribution in [1.29, 1.82) is 0 Å². The smallest absolute Gasteiger partial charge is 0.144 e. The molecule has 0 aliphatic carbocycles. The zero-order chi connectivity index (χ0) is 15.4. The first-order valence-electron chi connectivity index (χ1n) is 6.54. The summed E-state index contributed by atoms with van der Waals surface area (Å²) in [6.45, 7) is 1.98. The molecular formula is C16H16ClO3S. The van der Waals surface area contributed by atoms with E-state index in [-0.39, 0.29) is 18.3 Å². The molecule has 0 amide bonds. The topological polar surface area (TPSA) is 54.4 Å². The van der Waals surface area contributed by atoms with Gasteiger partial charge in [0.25, 0.3) is 0 Å². The van der Waals surface area contributed by atoms with Crippen LogP contribution in [0.15, 0.2) is 36.4 Å². The van der Waals surface area contributed by atoms with Crippen LogP contribution in [-0.2, 0) is 16.5 Å². The summed E-state index contributed by atoms with van der Waals surface area (Å²) >= 11 is 6.24. The molecule has 21 heavy (non-hydrogen) atoms. The monoisotopic (exact) mass is 323 g/mol. The molecule has 3 nitrogen and oxygen atoms in total. The van der Waals surface area contributed by atoms with E-state index in [1.54, 1.807) is 12.1 Å². The Morgan fingerprint density at radius 3 is 2.76 bits per heavy atom. The molecule has 0 heterocycles. The van der Waals surface area contributed by atoms with Crippen LogP contribution in [0.5, 0.6) is 0 Å². The summed E-state index contributed by atoms with van der Waals surface area (Å²) in [5.74, 6) is -0.0554. The van der Waals surface area contributed by atoms with E-state index in [1.165, 1.54) is 0 Å². The molecule has 5 heteroatoms. The van der Waals surface area contributed by atoms with Gasteiger partial charge in [-0.1, -0.05) is 42.8 Å². The van der Waals surface area contributed by atoms with E-state index in [0.717, 1.165) is 11.1 Å². The molecule has 1 radical (unpaired) electrons. The molecule has 0 aromatic heterocycles. The molecule has 0 aliphatic rings. The standard InChI is InChI=1S/C16H16ClO3S/c1-11(9-18)12-4-2-5-13(8-12)16-14(10-21(19)20)6-3-7-15(16)17/h2,4-8,11,18,21H,9-10H2,1H3. The van der Waals surface area contributed by atoms with Crippen LogP contribution < -0.4 is 0 Å². The first-order valence-corrected chi connectivity index (χ1v) is 8.28. The van der Waals surface area contributed by atoms with Gasteiger partial charge in [0, 0.05) is 23.1 Å². The summed E-state index contributed by atoms with van der Waals surface area (Å²) in [6, 6.07) is 13.8. The highest BCUT2D eigenvalue weighted by atomic mass is 35.5. The van der Waals surface area contributed by atoms with Gasteiger partial charge >= 0.3 is 0 Å². The highest BCUT2D eigenvalue weighted by molar-refractivity contribution is 7.71. The molecule has 0 fully saturated rings. The van der Waals surface area contributed by atoms with Crippen molar-refractivity contribution >= 4 is 22.3 Å². The van der Waals surface area contributed by atoms with Gasteiger partial charge in [0.2, 0.25) is 0 Å². The van der Waals surface area contributed by atoms with Gasteiger partial charge in [0.15, 0.2) is 0 Å². The van der Waals surface area contributed by atoms with Crippen LogP contribution in [0.2, 0.25) is 5.02 Å². The minimum Gasteiger partial charge on any atom is -0.396 e. The molecule has 111 valence electrons. The third-order valence-electron chi connectivity index (χ3n) is 3.35. The highest BCUT2D eigenvalue weighted by Gasteiger charge is 2.12. The Morgan fingerprint density at radius 1 is 1.33 bits per heavy atom. The van der Waals surface area contributed by atoms with E-state index >= 15 is 0 Å². The molecule has 1 unspecified atom stereocenters. The lowest BCUT2D eigenvalue weighted by atomic mass is 9.94. The van der Waals surface area contributed by atoms with Crippen molar-refractivity contribution in [3.05, 3.63) is 58.6 Å². The Hall–Kier alpha value is -1.36. The van der Waals surface area contributed by atoms with E-state index in [1.807, 2.05) is 31.2 Å². The van der Waals surface area contributed by atoms with E-state index in [9.17, 15) is 13.5 Å². The van der Waals surface area contributed by atoms with E-state index in [2.05, 4.69) is 6.07 Å². The third-order valence-corrected chi connectivity index (χ3v) is 4.24. The summed E-state index contributed by atoms with van der Waals surface area (Å²) in [6.07, 6.45) is 0.